The molecule has 0 bridgehead atoms. The van der Waals surface area contributed by atoms with Crippen molar-refractivity contribution in [2.24, 2.45) is 0 Å². The molecule has 1 saturated heterocycles. The molecule has 0 saturated carbocycles. The minimum Gasteiger partial charge on any atom is -0.288 e. The summed E-state index contributed by atoms with van der Waals surface area (Å²) in [5.41, 5.74) is 0.635. The summed E-state index contributed by atoms with van der Waals surface area (Å²) in [4.78, 5) is 1.97. The lowest BCUT2D eigenvalue weighted by molar-refractivity contribution is 0.241. The first-order valence-corrected chi connectivity index (χ1v) is 8.45. The van der Waals surface area contributed by atoms with E-state index in [1.165, 1.54) is 6.07 Å². The number of halogens is 1. The van der Waals surface area contributed by atoms with Crippen molar-refractivity contribution in [2.45, 2.75) is 18.9 Å². The van der Waals surface area contributed by atoms with E-state index in [-0.39, 0.29) is 23.4 Å². The van der Waals surface area contributed by atoms with E-state index in [2.05, 4.69) is 5.92 Å². The Hall–Kier alpha value is -1.38. The number of hydrogen-bond acceptors (Lipinski definition) is 3. The highest BCUT2D eigenvalue weighted by atomic mass is 32.2. The molecule has 0 spiro atoms. The molecule has 0 amide bonds. The highest BCUT2D eigenvalue weighted by molar-refractivity contribution is 7.91. The Labute approximate surface area is 119 Å². The van der Waals surface area contributed by atoms with E-state index < -0.39 is 9.84 Å². The second-order valence-corrected chi connectivity index (χ2v) is 7.30. The highest BCUT2D eigenvalue weighted by Gasteiger charge is 2.31. The van der Waals surface area contributed by atoms with E-state index in [0.717, 1.165) is 0 Å². The maximum Gasteiger partial charge on any atom is 0.151 e. The van der Waals surface area contributed by atoms with Crippen LogP contribution < -0.4 is 0 Å². The molecule has 1 fully saturated rings. The third-order valence-electron chi connectivity index (χ3n) is 3.65. The predicted octanol–water partition coefficient (Wildman–Crippen LogP) is 1.49. The van der Waals surface area contributed by atoms with Gasteiger partial charge in [-0.05, 0) is 24.5 Å². The third kappa shape index (κ3) is 3.81. The van der Waals surface area contributed by atoms with Gasteiger partial charge in [0.15, 0.2) is 9.84 Å². The summed E-state index contributed by atoms with van der Waals surface area (Å²) in [6, 6.07) is 6.59. The Kier molecular flexibility index (Phi) is 4.79. The molecule has 1 aliphatic rings. The number of hydrogen-bond donors (Lipinski definition) is 0. The molecule has 0 N–H and O–H groups in total. The minimum atomic E-state index is -2.93. The van der Waals surface area contributed by atoms with Gasteiger partial charge in [0.2, 0.25) is 0 Å². The zero-order valence-electron chi connectivity index (χ0n) is 11.3. The molecule has 108 valence electrons. The normalized spacial score (nSPS) is 20.9. The van der Waals surface area contributed by atoms with Crippen LogP contribution in [0.1, 0.15) is 12.0 Å². The van der Waals surface area contributed by atoms with Gasteiger partial charge in [0.1, 0.15) is 5.82 Å². The molecule has 5 heteroatoms. The standard InChI is InChI=1S/C15H18FNO2S/c1-2-9-17(14-8-11-20(18,19)12-14)10-7-13-5-3-4-6-15(13)16/h1,3-6,14H,7-12H2/t14-/m1/s1. The van der Waals surface area contributed by atoms with Gasteiger partial charge < -0.3 is 0 Å². The molecule has 0 aromatic heterocycles. The smallest absolute Gasteiger partial charge is 0.151 e. The average molecular weight is 295 g/mol. The number of benzene rings is 1. The zero-order valence-corrected chi connectivity index (χ0v) is 12.1. The molecule has 3 nitrogen and oxygen atoms in total. The summed E-state index contributed by atoms with van der Waals surface area (Å²) in [6.45, 7) is 0.972. The van der Waals surface area contributed by atoms with Crippen molar-refractivity contribution >= 4 is 9.84 Å². The van der Waals surface area contributed by atoms with Gasteiger partial charge in [0, 0.05) is 12.6 Å². The molecule has 1 heterocycles. The Morgan fingerprint density at radius 2 is 2.15 bits per heavy atom. The largest absolute Gasteiger partial charge is 0.288 e. The summed E-state index contributed by atoms with van der Waals surface area (Å²) < 4.78 is 36.7. The number of terminal acetylenes is 1. The van der Waals surface area contributed by atoms with Crippen LogP contribution in [0.25, 0.3) is 0 Å². The number of rotatable bonds is 5. The van der Waals surface area contributed by atoms with Crippen LogP contribution in [-0.4, -0.2) is 44.0 Å². The Bertz CT molecular complexity index is 607. The highest BCUT2D eigenvalue weighted by Crippen LogP contribution is 2.18. The van der Waals surface area contributed by atoms with Gasteiger partial charge in [0.25, 0.3) is 0 Å². The van der Waals surface area contributed by atoms with Gasteiger partial charge >= 0.3 is 0 Å². The lowest BCUT2D eigenvalue weighted by Gasteiger charge is -2.25. The van der Waals surface area contributed by atoms with Crippen LogP contribution in [0.4, 0.5) is 4.39 Å². The Balaban J connectivity index is 2.00. The summed E-state index contributed by atoms with van der Waals surface area (Å²) in [7, 11) is -2.93. The van der Waals surface area contributed by atoms with Gasteiger partial charge in [-0.1, -0.05) is 24.1 Å². The van der Waals surface area contributed by atoms with Crippen LogP contribution in [0.2, 0.25) is 0 Å². The van der Waals surface area contributed by atoms with Crippen LogP contribution in [0.3, 0.4) is 0 Å². The van der Waals surface area contributed by atoms with Crippen molar-refractivity contribution in [3.05, 3.63) is 35.6 Å². The van der Waals surface area contributed by atoms with Crippen molar-refractivity contribution in [1.29, 1.82) is 0 Å². The first-order chi connectivity index (χ1) is 9.52. The number of nitrogens with zero attached hydrogens (tertiary/aromatic N) is 1. The monoisotopic (exact) mass is 295 g/mol. The minimum absolute atomic E-state index is 0.0391. The molecule has 2 rings (SSSR count). The van der Waals surface area contributed by atoms with Crippen LogP contribution in [-0.2, 0) is 16.3 Å². The van der Waals surface area contributed by atoms with Crippen molar-refractivity contribution < 1.29 is 12.8 Å². The molecule has 0 aliphatic carbocycles. The maximum atomic E-state index is 13.6. The topological polar surface area (TPSA) is 37.4 Å². The van der Waals surface area contributed by atoms with Gasteiger partial charge in [0.05, 0.1) is 18.1 Å². The van der Waals surface area contributed by atoms with E-state index in [1.54, 1.807) is 18.2 Å². The summed E-state index contributed by atoms with van der Waals surface area (Å²) >= 11 is 0. The van der Waals surface area contributed by atoms with Crippen molar-refractivity contribution in [1.82, 2.24) is 4.90 Å². The lowest BCUT2D eigenvalue weighted by Crippen LogP contribution is -2.38. The van der Waals surface area contributed by atoms with E-state index in [0.29, 0.717) is 31.5 Å². The second kappa shape index (κ2) is 6.38. The molecule has 20 heavy (non-hydrogen) atoms. The predicted molar refractivity (Wildman–Crippen MR) is 77.6 cm³/mol. The fourth-order valence-electron chi connectivity index (χ4n) is 2.54. The first kappa shape index (κ1) is 15.0. The van der Waals surface area contributed by atoms with Crippen molar-refractivity contribution in [2.75, 3.05) is 24.6 Å². The summed E-state index contributed by atoms with van der Waals surface area (Å²) in [5, 5.41) is 0. The van der Waals surface area contributed by atoms with Gasteiger partial charge in [-0.2, -0.15) is 0 Å². The van der Waals surface area contributed by atoms with E-state index in [1.807, 2.05) is 4.90 Å². The molecule has 0 radical (unpaired) electrons. The molecule has 1 aromatic rings. The summed E-state index contributed by atoms with van der Waals surface area (Å²) in [5.74, 6) is 2.71. The first-order valence-electron chi connectivity index (χ1n) is 6.63. The maximum absolute atomic E-state index is 13.6. The van der Waals surface area contributed by atoms with Crippen LogP contribution in [0.5, 0.6) is 0 Å². The van der Waals surface area contributed by atoms with E-state index >= 15 is 0 Å². The van der Waals surface area contributed by atoms with Gasteiger partial charge in [-0.15, -0.1) is 6.42 Å². The Morgan fingerprint density at radius 3 is 2.75 bits per heavy atom. The van der Waals surface area contributed by atoms with E-state index in [4.69, 9.17) is 6.42 Å². The fourth-order valence-corrected chi connectivity index (χ4v) is 4.30. The second-order valence-electron chi connectivity index (χ2n) is 5.07. The number of sulfone groups is 1. The van der Waals surface area contributed by atoms with Gasteiger partial charge in [-0.25, -0.2) is 12.8 Å². The average Bonchev–Trinajstić information content (AvgIpc) is 2.76. The molecule has 1 aromatic carbocycles. The van der Waals surface area contributed by atoms with Crippen molar-refractivity contribution in [3.63, 3.8) is 0 Å². The van der Waals surface area contributed by atoms with Crippen molar-refractivity contribution in [3.8, 4) is 12.3 Å². The van der Waals surface area contributed by atoms with Gasteiger partial charge in [-0.3, -0.25) is 4.90 Å². The third-order valence-corrected chi connectivity index (χ3v) is 5.40. The molecule has 1 aliphatic heterocycles. The lowest BCUT2D eigenvalue weighted by atomic mass is 10.1. The zero-order chi connectivity index (χ0) is 14.6. The molecular weight excluding hydrogens is 277 g/mol. The molecule has 1 atom stereocenters. The molecule has 0 unspecified atom stereocenters. The van der Waals surface area contributed by atoms with Crippen LogP contribution >= 0.6 is 0 Å². The Morgan fingerprint density at radius 1 is 1.40 bits per heavy atom. The SMILES string of the molecule is C#CCN(CCc1ccccc1F)[C@@H]1CCS(=O)(=O)C1. The van der Waals surface area contributed by atoms with Crippen LogP contribution in [0.15, 0.2) is 24.3 Å². The van der Waals surface area contributed by atoms with Crippen LogP contribution in [0, 0.1) is 18.2 Å². The quantitative estimate of drug-likeness (QED) is 0.772. The van der Waals surface area contributed by atoms with E-state index in [9.17, 15) is 12.8 Å². The fraction of sp³-hybridized carbons (Fsp3) is 0.467. The summed E-state index contributed by atoms with van der Waals surface area (Å²) in [6.07, 6.45) is 6.49. The molecular formula is C15H18FNO2S.